The number of hydrogen-bond acceptors (Lipinski definition) is 5. The highest BCUT2D eigenvalue weighted by atomic mass is 32.2. The van der Waals surface area contributed by atoms with Gasteiger partial charge in [0.2, 0.25) is 10.0 Å². The summed E-state index contributed by atoms with van der Waals surface area (Å²) in [5.41, 5.74) is 5.40. The summed E-state index contributed by atoms with van der Waals surface area (Å²) in [5.74, 6) is -1.71. The van der Waals surface area contributed by atoms with Gasteiger partial charge in [-0.3, -0.25) is 4.72 Å². The molecule has 0 atom stereocenters. The van der Waals surface area contributed by atoms with E-state index >= 15 is 0 Å². The lowest BCUT2D eigenvalue weighted by molar-refractivity contribution is 0.593. The Morgan fingerprint density at radius 2 is 1.84 bits per heavy atom. The fourth-order valence-corrected chi connectivity index (χ4v) is 4.06. The SMILES string of the molecule is CS(=O)(=O)CCS(=O)(=O)Nc1cccc(F)c1CN. The Labute approximate surface area is 111 Å². The number of rotatable bonds is 6. The van der Waals surface area contributed by atoms with Gasteiger partial charge in [-0.2, -0.15) is 0 Å². The van der Waals surface area contributed by atoms with Crippen molar-refractivity contribution in [1.29, 1.82) is 0 Å². The van der Waals surface area contributed by atoms with Gasteiger partial charge in [0.15, 0.2) is 0 Å². The molecule has 0 saturated carbocycles. The van der Waals surface area contributed by atoms with Crippen LogP contribution in [0.2, 0.25) is 0 Å². The van der Waals surface area contributed by atoms with Gasteiger partial charge in [-0.05, 0) is 12.1 Å². The number of halogens is 1. The second-order valence-electron chi connectivity index (χ2n) is 4.02. The van der Waals surface area contributed by atoms with Crippen LogP contribution in [0.5, 0.6) is 0 Å². The molecule has 3 N–H and O–H groups in total. The highest BCUT2D eigenvalue weighted by molar-refractivity contribution is 7.95. The van der Waals surface area contributed by atoms with Crippen LogP contribution in [0.4, 0.5) is 10.1 Å². The average molecular weight is 310 g/mol. The Balaban J connectivity index is 2.93. The number of nitrogens with one attached hydrogen (secondary N) is 1. The van der Waals surface area contributed by atoms with E-state index in [9.17, 15) is 21.2 Å². The van der Waals surface area contributed by atoms with Crippen LogP contribution in [0.15, 0.2) is 18.2 Å². The molecule has 0 aromatic heterocycles. The minimum Gasteiger partial charge on any atom is -0.326 e. The van der Waals surface area contributed by atoms with Crippen molar-refractivity contribution in [3.05, 3.63) is 29.6 Å². The zero-order valence-electron chi connectivity index (χ0n) is 10.3. The maximum atomic E-state index is 13.4. The number of nitrogens with two attached hydrogens (primary N) is 1. The van der Waals surface area contributed by atoms with Crippen molar-refractivity contribution < 1.29 is 21.2 Å². The van der Waals surface area contributed by atoms with Crippen molar-refractivity contribution in [3.63, 3.8) is 0 Å². The first-order valence-electron chi connectivity index (χ1n) is 5.30. The van der Waals surface area contributed by atoms with E-state index in [0.717, 1.165) is 12.3 Å². The molecule has 1 aromatic rings. The number of sulfone groups is 1. The lowest BCUT2D eigenvalue weighted by Crippen LogP contribution is -2.23. The molecule has 1 aromatic carbocycles. The number of anilines is 1. The first kappa shape index (κ1) is 15.9. The topological polar surface area (TPSA) is 106 Å². The largest absolute Gasteiger partial charge is 0.326 e. The summed E-state index contributed by atoms with van der Waals surface area (Å²) in [6.07, 6.45) is 0.940. The quantitative estimate of drug-likeness (QED) is 0.773. The van der Waals surface area contributed by atoms with Crippen LogP contribution >= 0.6 is 0 Å². The van der Waals surface area contributed by atoms with Gasteiger partial charge in [0, 0.05) is 18.4 Å². The van der Waals surface area contributed by atoms with E-state index in [1.54, 1.807) is 0 Å². The van der Waals surface area contributed by atoms with Gasteiger partial charge in [-0.15, -0.1) is 0 Å². The molecule has 0 fully saturated rings. The molecule has 0 amide bonds. The third-order valence-corrected chi connectivity index (χ3v) is 4.79. The van der Waals surface area contributed by atoms with Crippen LogP contribution in [0.1, 0.15) is 5.56 Å². The summed E-state index contributed by atoms with van der Waals surface area (Å²) in [6, 6.07) is 3.86. The van der Waals surface area contributed by atoms with Crippen LogP contribution in [0, 0.1) is 5.82 Å². The van der Waals surface area contributed by atoms with Gasteiger partial charge in [0.05, 0.1) is 17.2 Å². The van der Waals surface area contributed by atoms with Crippen LogP contribution in [-0.2, 0) is 26.4 Å². The summed E-state index contributed by atoms with van der Waals surface area (Å²) < 4.78 is 60.8. The molecule has 0 aliphatic heterocycles. The minimum atomic E-state index is -3.87. The maximum Gasteiger partial charge on any atom is 0.233 e. The molecule has 0 unspecified atom stereocenters. The van der Waals surface area contributed by atoms with Gasteiger partial charge in [-0.25, -0.2) is 21.2 Å². The van der Waals surface area contributed by atoms with Crippen molar-refractivity contribution in [2.24, 2.45) is 5.73 Å². The third kappa shape index (κ3) is 5.13. The molecule has 0 heterocycles. The summed E-state index contributed by atoms with van der Waals surface area (Å²) in [5, 5.41) is 0. The summed E-state index contributed by atoms with van der Waals surface area (Å²) in [6.45, 7) is -0.170. The molecule has 0 aliphatic rings. The monoisotopic (exact) mass is 310 g/mol. The summed E-state index contributed by atoms with van der Waals surface area (Å²) in [7, 11) is -7.26. The minimum absolute atomic E-state index is 0.0241. The maximum absolute atomic E-state index is 13.4. The second kappa shape index (κ2) is 5.85. The molecule has 1 rings (SSSR count). The Hall–Kier alpha value is -1.19. The standard InChI is InChI=1S/C10H15FN2O4S2/c1-18(14,15)5-6-19(16,17)13-10-4-2-3-9(11)8(10)7-12/h2-4,13H,5-7,12H2,1H3. The van der Waals surface area contributed by atoms with Crippen molar-refractivity contribution in [3.8, 4) is 0 Å². The molecule has 0 saturated heterocycles. The van der Waals surface area contributed by atoms with Gasteiger partial charge < -0.3 is 5.73 Å². The van der Waals surface area contributed by atoms with Gasteiger partial charge in [-0.1, -0.05) is 6.07 Å². The molecule has 108 valence electrons. The first-order valence-corrected chi connectivity index (χ1v) is 9.01. The number of hydrogen-bond donors (Lipinski definition) is 2. The highest BCUT2D eigenvalue weighted by Crippen LogP contribution is 2.19. The van der Waals surface area contributed by atoms with Gasteiger partial charge in [0.25, 0.3) is 0 Å². The van der Waals surface area contributed by atoms with E-state index in [0.29, 0.717) is 0 Å². The van der Waals surface area contributed by atoms with Crippen molar-refractivity contribution >= 4 is 25.5 Å². The average Bonchev–Trinajstić information content (AvgIpc) is 2.26. The van der Waals surface area contributed by atoms with Crippen molar-refractivity contribution in [1.82, 2.24) is 0 Å². The van der Waals surface area contributed by atoms with Crippen molar-refractivity contribution in [2.45, 2.75) is 6.54 Å². The fourth-order valence-electron chi connectivity index (χ4n) is 1.34. The van der Waals surface area contributed by atoms with Crippen LogP contribution in [-0.4, -0.2) is 34.6 Å². The van der Waals surface area contributed by atoms with E-state index in [1.165, 1.54) is 12.1 Å². The third-order valence-electron chi connectivity index (χ3n) is 2.31. The van der Waals surface area contributed by atoms with E-state index in [-0.39, 0.29) is 17.8 Å². The number of sulfonamides is 1. The molecule has 0 spiro atoms. The Kier molecular flexibility index (Phi) is 4.88. The molecule has 0 bridgehead atoms. The van der Waals surface area contributed by atoms with E-state index in [4.69, 9.17) is 5.73 Å². The highest BCUT2D eigenvalue weighted by Gasteiger charge is 2.17. The Bertz CT molecular complexity index is 656. The number of benzene rings is 1. The van der Waals surface area contributed by atoms with Crippen molar-refractivity contribution in [2.75, 3.05) is 22.5 Å². The second-order valence-corrected chi connectivity index (χ2v) is 8.12. The first-order chi connectivity index (χ1) is 8.64. The lowest BCUT2D eigenvalue weighted by atomic mass is 10.2. The van der Waals surface area contributed by atoms with Crippen LogP contribution in [0.25, 0.3) is 0 Å². The zero-order valence-corrected chi connectivity index (χ0v) is 11.9. The van der Waals surface area contributed by atoms with Crippen LogP contribution < -0.4 is 10.5 Å². The molecule has 0 aliphatic carbocycles. The zero-order chi connectivity index (χ0) is 14.7. The fraction of sp³-hybridized carbons (Fsp3) is 0.400. The lowest BCUT2D eigenvalue weighted by Gasteiger charge is -2.11. The molecular formula is C10H15FN2O4S2. The molecule has 6 nitrogen and oxygen atoms in total. The Morgan fingerprint density at radius 3 is 2.37 bits per heavy atom. The van der Waals surface area contributed by atoms with E-state index in [1.807, 2.05) is 0 Å². The van der Waals surface area contributed by atoms with E-state index < -0.39 is 37.2 Å². The summed E-state index contributed by atoms with van der Waals surface area (Å²) >= 11 is 0. The van der Waals surface area contributed by atoms with Gasteiger partial charge in [0.1, 0.15) is 15.7 Å². The molecular weight excluding hydrogens is 295 g/mol. The predicted molar refractivity (Wildman–Crippen MR) is 71.4 cm³/mol. The summed E-state index contributed by atoms with van der Waals surface area (Å²) in [4.78, 5) is 0. The smallest absolute Gasteiger partial charge is 0.233 e. The molecule has 0 radical (unpaired) electrons. The predicted octanol–water partition coefficient (Wildman–Crippen LogP) is 0.0707. The molecule has 19 heavy (non-hydrogen) atoms. The van der Waals surface area contributed by atoms with E-state index in [2.05, 4.69) is 4.72 Å². The van der Waals surface area contributed by atoms with Gasteiger partial charge >= 0.3 is 0 Å². The normalized spacial score (nSPS) is 12.4. The Morgan fingerprint density at radius 1 is 1.21 bits per heavy atom. The van der Waals surface area contributed by atoms with Crippen LogP contribution in [0.3, 0.4) is 0 Å². The molecule has 9 heteroatoms.